The maximum atomic E-state index is 11.6. The highest BCUT2D eigenvalue weighted by Gasteiger charge is 2.21. The van der Waals surface area contributed by atoms with Gasteiger partial charge in [-0.3, -0.25) is 9.59 Å². The summed E-state index contributed by atoms with van der Waals surface area (Å²) in [6.45, 7) is 0.862. The van der Waals surface area contributed by atoms with Gasteiger partial charge in [0.25, 0.3) is 0 Å². The number of rotatable bonds is 8. The summed E-state index contributed by atoms with van der Waals surface area (Å²) in [6, 6.07) is 6.91. The molecule has 0 aliphatic rings. The van der Waals surface area contributed by atoms with Crippen molar-refractivity contribution in [1.29, 1.82) is 10.7 Å². The molecule has 5 nitrogen and oxygen atoms in total. The number of benzene rings is 1. The average Bonchev–Trinajstić information content (AvgIpc) is 2.49. The number of nitriles is 1. The molecular formula is C15H14Cl2N2O3S. The molecule has 0 saturated carbocycles. The van der Waals surface area contributed by atoms with Crippen LogP contribution in [-0.2, 0) is 20.1 Å². The van der Waals surface area contributed by atoms with Crippen LogP contribution in [0.5, 0.6) is 0 Å². The van der Waals surface area contributed by atoms with Crippen molar-refractivity contribution >= 4 is 52.4 Å². The molecule has 0 aliphatic carbocycles. The molecule has 1 aromatic rings. The summed E-state index contributed by atoms with van der Waals surface area (Å²) < 4.78 is 4.81. The largest absolute Gasteiger partial charge is 0.457 e. The first-order valence-electron chi connectivity index (χ1n) is 6.49. The third-order valence-corrected chi connectivity index (χ3v) is 4.45. The van der Waals surface area contributed by atoms with Gasteiger partial charge in [0.15, 0.2) is 12.4 Å². The van der Waals surface area contributed by atoms with Gasteiger partial charge in [0.05, 0.1) is 21.9 Å². The van der Waals surface area contributed by atoms with Crippen LogP contribution < -0.4 is 0 Å². The number of ketones is 1. The van der Waals surface area contributed by atoms with Gasteiger partial charge in [-0.2, -0.15) is 5.26 Å². The Balaban J connectivity index is 2.35. The van der Waals surface area contributed by atoms with Gasteiger partial charge in [-0.15, -0.1) is 11.8 Å². The number of Topliss-reactive ketones (excluding diaryl/α,β-unsaturated/α-hetero) is 1. The number of carbonyl (C=O) groups excluding carboxylic acids is 2. The molecule has 0 aliphatic heterocycles. The van der Waals surface area contributed by atoms with E-state index >= 15 is 0 Å². The molecule has 8 heteroatoms. The highest BCUT2D eigenvalue weighted by Crippen LogP contribution is 2.24. The maximum Gasteiger partial charge on any atom is 0.316 e. The van der Waals surface area contributed by atoms with Crippen molar-refractivity contribution in [3.8, 4) is 6.07 Å². The summed E-state index contributed by atoms with van der Waals surface area (Å²) in [5.74, 6) is -1.70. The van der Waals surface area contributed by atoms with Crippen LogP contribution in [0.2, 0.25) is 10.0 Å². The second kappa shape index (κ2) is 9.56. The van der Waals surface area contributed by atoms with Gasteiger partial charge in [-0.25, -0.2) is 0 Å². The molecule has 1 aromatic carbocycles. The number of carbonyl (C=O) groups is 2. The molecule has 1 unspecified atom stereocenters. The van der Waals surface area contributed by atoms with Crippen molar-refractivity contribution in [2.75, 3.05) is 12.4 Å². The van der Waals surface area contributed by atoms with E-state index in [0.717, 1.165) is 5.56 Å². The maximum absolute atomic E-state index is 11.6. The van der Waals surface area contributed by atoms with E-state index in [1.165, 1.54) is 18.7 Å². The van der Waals surface area contributed by atoms with E-state index in [-0.39, 0.29) is 11.5 Å². The molecule has 0 bridgehead atoms. The Morgan fingerprint density at radius 2 is 2.09 bits per heavy atom. The van der Waals surface area contributed by atoms with Crippen molar-refractivity contribution in [2.24, 2.45) is 5.92 Å². The fraction of sp³-hybridized carbons (Fsp3) is 0.333. The van der Waals surface area contributed by atoms with Crippen LogP contribution in [-0.4, -0.2) is 29.8 Å². The normalized spacial score (nSPS) is 11.4. The fourth-order valence-electron chi connectivity index (χ4n) is 1.57. The Kier molecular flexibility index (Phi) is 8.10. The second-order valence-electron chi connectivity index (χ2n) is 4.61. The Morgan fingerprint density at radius 3 is 2.65 bits per heavy atom. The molecule has 0 amide bonds. The first-order chi connectivity index (χ1) is 10.8. The Bertz CT molecular complexity index is 659. The van der Waals surface area contributed by atoms with E-state index in [4.69, 9.17) is 38.6 Å². The molecule has 122 valence electrons. The summed E-state index contributed by atoms with van der Waals surface area (Å²) in [5, 5.41) is 17.0. The average molecular weight is 373 g/mol. The second-order valence-corrected chi connectivity index (χ2v) is 6.41. The lowest BCUT2D eigenvalue weighted by molar-refractivity contribution is -0.145. The molecule has 1 N–H and O–H groups in total. The molecular weight excluding hydrogens is 359 g/mol. The topological polar surface area (TPSA) is 91.0 Å². The summed E-state index contributed by atoms with van der Waals surface area (Å²) >= 11 is 13.0. The molecule has 23 heavy (non-hydrogen) atoms. The minimum absolute atomic E-state index is 0.0638. The SMILES string of the molecule is CC(=N)C(C#N)C(=O)COC(=O)CSCc1ccc(Cl)c(Cl)c1. The van der Waals surface area contributed by atoms with E-state index in [9.17, 15) is 9.59 Å². The van der Waals surface area contributed by atoms with Crippen LogP contribution in [0.3, 0.4) is 0 Å². The highest BCUT2D eigenvalue weighted by atomic mass is 35.5. The van der Waals surface area contributed by atoms with Gasteiger partial charge in [0.2, 0.25) is 0 Å². The van der Waals surface area contributed by atoms with E-state index in [0.29, 0.717) is 15.8 Å². The number of halogens is 2. The van der Waals surface area contributed by atoms with Crippen molar-refractivity contribution in [3.63, 3.8) is 0 Å². The number of thioether (sulfide) groups is 1. The smallest absolute Gasteiger partial charge is 0.316 e. The van der Waals surface area contributed by atoms with E-state index in [2.05, 4.69) is 0 Å². The minimum Gasteiger partial charge on any atom is -0.457 e. The van der Waals surface area contributed by atoms with Crippen LogP contribution >= 0.6 is 35.0 Å². The number of hydrogen-bond donors (Lipinski definition) is 1. The zero-order chi connectivity index (χ0) is 17.4. The number of ether oxygens (including phenoxy) is 1. The molecule has 0 spiro atoms. The lowest BCUT2D eigenvalue weighted by atomic mass is 10.0. The van der Waals surface area contributed by atoms with Gasteiger partial charge in [-0.05, 0) is 24.6 Å². The zero-order valence-corrected chi connectivity index (χ0v) is 14.6. The minimum atomic E-state index is -1.16. The van der Waals surface area contributed by atoms with Crippen LogP contribution in [0.4, 0.5) is 0 Å². The van der Waals surface area contributed by atoms with Gasteiger partial charge >= 0.3 is 5.97 Å². The van der Waals surface area contributed by atoms with Gasteiger partial charge in [0.1, 0.15) is 5.92 Å². The standard InChI is InChI=1S/C15H14Cl2N2O3S/c1-9(19)11(5-18)14(20)6-22-15(21)8-23-7-10-2-3-12(16)13(17)4-10/h2-4,11,19H,6-8H2,1H3. The molecule has 1 rings (SSSR count). The van der Waals surface area contributed by atoms with Crippen LogP contribution in [0.1, 0.15) is 12.5 Å². The fourth-order valence-corrected chi connectivity index (χ4v) is 2.66. The first kappa shape index (κ1) is 19.5. The van der Waals surface area contributed by atoms with Crippen molar-refractivity contribution in [3.05, 3.63) is 33.8 Å². The predicted molar refractivity (Wildman–Crippen MR) is 91.1 cm³/mol. The Hall–Kier alpha value is -1.55. The molecule has 1 atom stereocenters. The highest BCUT2D eigenvalue weighted by molar-refractivity contribution is 7.99. The van der Waals surface area contributed by atoms with E-state index in [1.54, 1.807) is 24.3 Å². The summed E-state index contributed by atoms with van der Waals surface area (Å²) in [6.07, 6.45) is 0. The lowest BCUT2D eigenvalue weighted by Crippen LogP contribution is -2.26. The van der Waals surface area contributed by atoms with Crippen LogP contribution in [0.25, 0.3) is 0 Å². The number of esters is 1. The zero-order valence-electron chi connectivity index (χ0n) is 12.3. The van der Waals surface area contributed by atoms with Crippen molar-refractivity contribution < 1.29 is 14.3 Å². The van der Waals surface area contributed by atoms with Gasteiger partial charge in [0, 0.05) is 11.5 Å². The molecule has 0 heterocycles. The Labute approximate surface area is 148 Å². The molecule has 0 aromatic heterocycles. The van der Waals surface area contributed by atoms with E-state index < -0.39 is 24.3 Å². The summed E-state index contributed by atoms with van der Waals surface area (Å²) in [5.41, 5.74) is 0.847. The number of nitrogens with one attached hydrogen (secondary N) is 1. The van der Waals surface area contributed by atoms with Crippen molar-refractivity contribution in [2.45, 2.75) is 12.7 Å². The third-order valence-electron chi connectivity index (χ3n) is 2.73. The monoisotopic (exact) mass is 372 g/mol. The first-order valence-corrected chi connectivity index (χ1v) is 8.41. The van der Waals surface area contributed by atoms with Crippen LogP contribution in [0, 0.1) is 22.7 Å². The summed E-state index contributed by atoms with van der Waals surface area (Å²) in [7, 11) is 0. The predicted octanol–water partition coefficient (Wildman–Crippen LogP) is 3.52. The molecule has 0 radical (unpaired) electrons. The lowest BCUT2D eigenvalue weighted by Gasteiger charge is -2.07. The van der Waals surface area contributed by atoms with Crippen molar-refractivity contribution in [1.82, 2.24) is 0 Å². The Morgan fingerprint density at radius 1 is 1.39 bits per heavy atom. The number of nitrogens with zero attached hydrogens (tertiary/aromatic N) is 1. The quantitative estimate of drug-likeness (QED) is 0.556. The third kappa shape index (κ3) is 6.61. The van der Waals surface area contributed by atoms with Crippen LogP contribution in [0.15, 0.2) is 18.2 Å². The molecule has 0 saturated heterocycles. The molecule has 0 fully saturated rings. The van der Waals surface area contributed by atoms with Gasteiger partial charge in [-0.1, -0.05) is 29.3 Å². The van der Waals surface area contributed by atoms with E-state index in [1.807, 2.05) is 0 Å². The number of hydrogen-bond acceptors (Lipinski definition) is 6. The van der Waals surface area contributed by atoms with Gasteiger partial charge < -0.3 is 10.1 Å². The summed E-state index contributed by atoms with van der Waals surface area (Å²) in [4.78, 5) is 23.2.